The second-order valence-electron chi connectivity index (χ2n) is 6.68. The lowest BCUT2D eigenvalue weighted by Gasteiger charge is -2.41. The highest BCUT2D eigenvalue weighted by molar-refractivity contribution is 5.78. The number of rotatable bonds is 5. The Kier molecular flexibility index (Phi) is 5.26. The van der Waals surface area contributed by atoms with Crippen LogP contribution in [0.15, 0.2) is 24.3 Å². The van der Waals surface area contributed by atoms with Gasteiger partial charge in [-0.15, -0.1) is 0 Å². The minimum atomic E-state index is -2.46. The molecule has 126 valence electrons. The maximum atomic E-state index is 12.5. The molecule has 0 radical (unpaired) electrons. The smallest absolute Gasteiger partial charge is 0.263 e. The molecule has 0 unspecified atom stereocenters. The molecule has 1 amide bonds. The molecule has 1 aromatic carbocycles. The van der Waals surface area contributed by atoms with Crippen LogP contribution in [0.4, 0.5) is 8.78 Å². The van der Waals surface area contributed by atoms with Crippen molar-refractivity contribution in [2.75, 3.05) is 13.1 Å². The summed E-state index contributed by atoms with van der Waals surface area (Å²) in [6, 6.07) is 7.04. The standard InChI is InChI=1S/C18H24F2N2O/c19-18(20)14-6-4-13(5-7-14)12-17(23)21-15-8-10-22(11-9-15)16-2-1-3-16/h4-7,15-16,18H,1-3,8-12H2,(H,21,23). The third-order valence-electron chi connectivity index (χ3n) is 5.08. The Morgan fingerprint density at radius 1 is 1.13 bits per heavy atom. The minimum absolute atomic E-state index is 0.00229. The monoisotopic (exact) mass is 322 g/mol. The Morgan fingerprint density at radius 3 is 2.30 bits per heavy atom. The van der Waals surface area contributed by atoms with Crippen molar-refractivity contribution in [2.24, 2.45) is 0 Å². The highest BCUT2D eigenvalue weighted by Crippen LogP contribution is 2.27. The summed E-state index contributed by atoms with van der Waals surface area (Å²) in [5.74, 6) is -0.0168. The topological polar surface area (TPSA) is 32.3 Å². The summed E-state index contributed by atoms with van der Waals surface area (Å²) < 4.78 is 25.0. The van der Waals surface area contributed by atoms with Gasteiger partial charge in [0.05, 0.1) is 6.42 Å². The van der Waals surface area contributed by atoms with Crippen LogP contribution in [0.3, 0.4) is 0 Å². The summed E-state index contributed by atoms with van der Waals surface area (Å²) in [6.45, 7) is 2.14. The van der Waals surface area contributed by atoms with Gasteiger partial charge < -0.3 is 10.2 Å². The van der Waals surface area contributed by atoms with Crippen LogP contribution in [0.2, 0.25) is 0 Å². The van der Waals surface area contributed by atoms with Crippen molar-refractivity contribution in [1.29, 1.82) is 0 Å². The fourth-order valence-electron chi connectivity index (χ4n) is 3.41. The second kappa shape index (κ2) is 7.39. The molecule has 2 aliphatic rings. The van der Waals surface area contributed by atoms with Crippen molar-refractivity contribution in [3.8, 4) is 0 Å². The van der Waals surface area contributed by atoms with Gasteiger partial charge in [-0.1, -0.05) is 30.7 Å². The quantitative estimate of drug-likeness (QED) is 0.902. The van der Waals surface area contributed by atoms with Crippen molar-refractivity contribution in [1.82, 2.24) is 10.2 Å². The fourth-order valence-corrected chi connectivity index (χ4v) is 3.41. The van der Waals surface area contributed by atoms with E-state index in [2.05, 4.69) is 10.2 Å². The van der Waals surface area contributed by atoms with Crippen molar-refractivity contribution in [3.05, 3.63) is 35.4 Å². The lowest BCUT2D eigenvalue weighted by Crippen LogP contribution is -2.50. The van der Waals surface area contributed by atoms with Gasteiger partial charge in [0.15, 0.2) is 0 Å². The maximum absolute atomic E-state index is 12.5. The fraction of sp³-hybridized carbons (Fsp3) is 0.611. The minimum Gasteiger partial charge on any atom is -0.353 e. The van der Waals surface area contributed by atoms with E-state index in [0.29, 0.717) is 0 Å². The molecule has 3 rings (SSSR count). The SMILES string of the molecule is O=C(Cc1ccc(C(F)F)cc1)NC1CCN(C2CCC2)CC1. The maximum Gasteiger partial charge on any atom is 0.263 e. The summed E-state index contributed by atoms with van der Waals surface area (Å²) >= 11 is 0. The molecule has 0 atom stereocenters. The molecule has 1 saturated heterocycles. The van der Waals surface area contributed by atoms with Crippen LogP contribution in [0.1, 0.15) is 49.7 Å². The third-order valence-corrected chi connectivity index (χ3v) is 5.08. The van der Waals surface area contributed by atoms with Gasteiger partial charge in [0.2, 0.25) is 5.91 Å². The Bertz CT molecular complexity index is 520. The van der Waals surface area contributed by atoms with Gasteiger partial charge in [0.25, 0.3) is 6.43 Å². The Hall–Kier alpha value is -1.49. The zero-order valence-corrected chi connectivity index (χ0v) is 13.3. The van der Waals surface area contributed by atoms with Gasteiger partial charge in [-0.25, -0.2) is 8.78 Å². The largest absolute Gasteiger partial charge is 0.353 e. The van der Waals surface area contributed by atoms with Crippen molar-refractivity contribution < 1.29 is 13.6 Å². The number of alkyl halides is 2. The highest BCUT2D eigenvalue weighted by atomic mass is 19.3. The van der Waals surface area contributed by atoms with Crippen molar-refractivity contribution in [3.63, 3.8) is 0 Å². The summed E-state index contributed by atoms with van der Waals surface area (Å²) in [5.41, 5.74) is 0.774. The Morgan fingerprint density at radius 2 is 1.78 bits per heavy atom. The van der Waals surface area contributed by atoms with E-state index in [0.717, 1.165) is 37.5 Å². The second-order valence-corrected chi connectivity index (χ2v) is 6.68. The molecule has 1 N–H and O–H groups in total. The van der Waals surface area contributed by atoms with Crippen LogP contribution in [0.25, 0.3) is 0 Å². The number of nitrogens with zero attached hydrogens (tertiary/aromatic N) is 1. The lowest BCUT2D eigenvalue weighted by molar-refractivity contribution is -0.121. The van der Waals surface area contributed by atoms with Crippen LogP contribution < -0.4 is 5.32 Å². The van der Waals surface area contributed by atoms with E-state index in [1.165, 1.54) is 31.4 Å². The first-order valence-corrected chi connectivity index (χ1v) is 8.52. The first-order valence-electron chi connectivity index (χ1n) is 8.52. The lowest BCUT2D eigenvalue weighted by atomic mass is 9.89. The number of carbonyl (C=O) groups is 1. The molecule has 1 aliphatic heterocycles. The molecule has 0 bridgehead atoms. The average Bonchev–Trinajstić information content (AvgIpc) is 2.48. The summed E-state index contributed by atoms with van der Waals surface area (Å²) in [5, 5.41) is 3.09. The van der Waals surface area contributed by atoms with Crippen LogP contribution in [-0.2, 0) is 11.2 Å². The zero-order valence-electron chi connectivity index (χ0n) is 13.3. The molecular weight excluding hydrogens is 298 g/mol. The molecule has 1 saturated carbocycles. The number of halogens is 2. The number of piperidine rings is 1. The van der Waals surface area contributed by atoms with E-state index in [-0.39, 0.29) is 23.9 Å². The van der Waals surface area contributed by atoms with E-state index in [4.69, 9.17) is 0 Å². The number of amides is 1. The van der Waals surface area contributed by atoms with Crippen molar-refractivity contribution in [2.45, 2.75) is 57.0 Å². The van der Waals surface area contributed by atoms with Crippen molar-refractivity contribution >= 4 is 5.91 Å². The molecule has 1 heterocycles. The van der Waals surface area contributed by atoms with E-state index >= 15 is 0 Å². The third kappa shape index (κ3) is 4.28. The number of hydrogen-bond donors (Lipinski definition) is 1. The number of carbonyl (C=O) groups excluding carboxylic acids is 1. The molecular formula is C18H24F2N2O. The van der Waals surface area contributed by atoms with Gasteiger partial charge in [-0.2, -0.15) is 0 Å². The zero-order chi connectivity index (χ0) is 16.2. The summed E-state index contributed by atoms with van der Waals surface area (Å²) in [4.78, 5) is 14.7. The molecule has 5 heteroatoms. The first-order chi connectivity index (χ1) is 11.1. The van der Waals surface area contributed by atoms with Crippen LogP contribution >= 0.6 is 0 Å². The molecule has 0 aromatic heterocycles. The molecule has 1 aromatic rings. The van der Waals surface area contributed by atoms with Crippen LogP contribution in [0.5, 0.6) is 0 Å². The molecule has 0 spiro atoms. The van der Waals surface area contributed by atoms with E-state index in [1.807, 2.05) is 0 Å². The van der Waals surface area contributed by atoms with Gasteiger partial charge in [-0.05, 0) is 31.2 Å². The number of benzene rings is 1. The first kappa shape index (κ1) is 16.4. The van der Waals surface area contributed by atoms with Gasteiger partial charge in [0, 0.05) is 30.7 Å². The van der Waals surface area contributed by atoms with Crippen LogP contribution in [-0.4, -0.2) is 36.0 Å². The predicted octanol–water partition coefficient (Wildman–Crippen LogP) is 3.30. The average molecular weight is 322 g/mol. The Labute approximate surface area is 136 Å². The molecule has 23 heavy (non-hydrogen) atoms. The van der Waals surface area contributed by atoms with Crippen LogP contribution in [0, 0.1) is 0 Å². The van der Waals surface area contributed by atoms with Gasteiger partial charge in [-0.3, -0.25) is 4.79 Å². The van der Waals surface area contributed by atoms with E-state index in [9.17, 15) is 13.6 Å². The summed E-state index contributed by atoms with van der Waals surface area (Å²) in [7, 11) is 0. The molecule has 2 fully saturated rings. The molecule has 3 nitrogen and oxygen atoms in total. The number of hydrogen-bond acceptors (Lipinski definition) is 2. The van der Waals surface area contributed by atoms with Gasteiger partial charge >= 0.3 is 0 Å². The Balaban J connectivity index is 1.42. The normalized spacial score (nSPS) is 20.5. The number of likely N-dealkylation sites (tertiary alicyclic amines) is 1. The van der Waals surface area contributed by atoms with E-state index in [1.54, 1.807) is 12.1 Å². The highest BCUT2D eigenvalue weighted by Gasteiger charge is 2.29. The van der Waals surface area contributed by atoms with Gasteiger partial charge in [0.1, 0.15) is 0 Å². The van der Waals surface area contributed by atoms with E-state index < -0.39 is 6.43 Å². The predicted molar refractivity (Wildman–Crippen MR) is 85.5 cm³/mol. The molecule has 1 aliphatic carbocycles. The number of nitrogens with one attached hydrogen (secondary N) is 1. The summed E-state index contributed by atoms with van der Waals surface area (Å²) in [6.07, 6.45) is 3.81.